The molecule has 0 fully saturated rings. The van der Waals surface area contributed by atoms with Crippen molar-refractivity contribution in [1.82, 2.24) is 10.6 Å². The van der Waals surface area contributed by atoms with Crippen LogP contribution in [0.15, 0.2) is 24.3 Å². The normalized spacial score (nSPS) is 11.1. The number of hydrogen-bond donors (Lipinski definition) is 2. The van der Waals surface area contributed by atoms with Crippen LogP contribution in [0.25, 0.3) is 0 Å². The molecule has 1 atom stereocenters. The molecule has 0 aliphatic heterocycles. The largest absolute Gasteiger partial charge is 0.445 e. The number of likely N-dealkylation sites (N-methyl/N-ethyl adjacent to an activating group) is 1. The summed E-state index contributed by atoms with van der Waals surface area (Å²) < 4.78 is 9.59. The standard InChI is InChI=1S/C16H23ClN2O3.C4H8O2/c1-4-18-15(20)14(9-11(2)3)19-16(21)22-10-12-5-7-13(17)8-6-12;1-4(5)3-6-2/h5-8,11,14H,4,9-10H2,1-3H3,(H,18,20)(H,19,21);3H2,1-2H3/t14-;/m0./s1. The molecular formula is C20H31ClN2O5. The van der Waals surface area contributed by atoms with E-state index in [0.29, 0.717) is 18.0 Å². The summed E-state index contributed by atoms with van der Waals surface area (Å²) >= 11 is 5.79. The molecule has 2 amide bonds. The molecule has 28 heavy (non-hydrogen) atoms. The van der Waals surface area contributed by atoms with Crippen LogP contribution in [-0.2, 0) is 25.7 Å². The summed E-state index contributed by atoms with van der Waals surface area (Å²) in [4.78, 5) is 33.7. The molecule has 0 saturated carbocycles. The van der Waals surface area contributed by atoms with Crippen molar-refractivity contribution >= 4 is 29.4 Å². The first kappa shape index (κ1) is 25.9. The van der Waals surface area contributed by atoms with Crippen molar-refractivity contribution in [2.45, 2.75) is 46.8 Å². The quantitative estimate of drug-likeness (QED) is 0.646. The van der Waals surface area contributed by atoms with Crippen LogP contribution in [0.1, 0.15) is 39.7 Å². The summed E-state index contributed by atoms with van der Waals surface area (Å²) in [5.74, 6) is 0.154. The van der Waals surface area contributed by atoms with Crippen molar-refractivity contribution in [3.63, 3.8) is 0 Å². The molecule has 158 valence electrons. The highest BCUT2D eigenvalue weighted by atomic mass is 35.5. The Kier molecular flexibility index (Phi) is 13.8. The van der Waals surface area contributed by atoms with Gasteiger partial charge in [0.2, 0.25) is 5.91 Å². The summed E-state index contributed by atoms with van der Waals surface area (Å²) in [5.41, 5.74) is 0.831. The van der Waals surface area contributed by atoms with Crippen molar-refractivity contribution in [1.29, 1.82) is 0 Å². The van der Waals surface area contributed by atoms with Crippen molar-refractivity contribution in [3.05, 3.63) is 34.9 Å². The van der Waals surface area contributed by atoms with Gasteiger partial charge < -0.3 is 20.1 Å². The predicted molar refractivity (Wildman–Crippen MR) is 109 cm³/mol. The van der Waals surface area contributed by atoms with Gasteiger partial charge in [0.15, 0.2) is 5.78 Å². The van der Waals surface area contributed by atoms with Gasteiger partial charge in [-0.1, -0.05) is 37.6 Å². The predicted octanol–water partition coefficient (Wildman–Crippen LogP) is 3.34. The SMILES string of the molecule is CCNC(=O)[C@H](CC(C)C)NC(=O)OCc1ccc(Cl)cc1.COCC(C)=O. The lowest BCUT2D eigenvalue weighted by Crippen LogP contribution is -2.47. The summed E-state index contributed by atoms with van der Waals surface area (Å²) in [5, 5.41) is 5.95. The number of methoxy groups -OCH3 is 1. The number of halogens is 1. The van der Waals surface area contributed by atoms with Gasteiger partial charge in [-0.05, 0) is 43.9 Å². The van der Waals surface area contributed by atoms with Gasteiger partial charge in [-0.3, -0.25) is 9.59 Å². The van der Waals surface area contributed by atoms with Crippen LogP contribution in [0.3, 0.4) is 0 Å². The highest BCUT2D eigenvalue weighted by Gasteiger charge is 2.21. The molecule has 0 saturated heterocycles. The molecule has 1 aromatic carbocycles. The van der Waals surface area contributed by atoms with Crippen LogP contribution >= 0.6 is 11.6 Å². The highest BCUT2D eigenvalue weighted by molar-refractivity contribution is 6.30. The highest BCUT2D eigenvalue weighted by Crippen LogP contribution is 2.10. The first-order valence-electron chi connectivity index (χ1n) is 9.13. The molecule has 0 heterocycles. The fourth-order valence-electron chi connectivity index (χ4n) is 2.12. The fourth-order valence-corrected chi connectivity index (χ4v) is 2.24. The molecule has 0 bridgehead atoms. The monoisotopic (exact) mass is 414 g/mol. The van der Waals surface area contributed by atoms with Crippen LogP contribution < -0.4 is 10.6 Å². The van der Waals surface area contributed by atoms with Gasteiger partial charge in [0, 0.05) is 18.7 Å². The lowest BCUT2D eigenvalue weighted by Gasteiger charge is -2.19. The van der Waals surface area contributed by atoms with E-state index in [1.807, 2.05) is 20.8 Å². The molecule has 2 N–H and O–H groups in total. The number of carbonyl (C=O) groups is 3. The number of alkyl carbamates (subject to hydrolysis) is 1. The average Bonchev–Trinajstić information content (AvgIpc) is 2.61. The Labute approximate surface area is 172 Å². The molecular weight excluding hydrogens is 384 g/mol. The Hall–Kier alpha value is -2.12. The minimum Gasteiger partial charge on any atom is -0.445 e. The smallest absolute Gasteiger partial charge is 0.408 e. The number of amides is 2. The molecule has 8 heteroatoms. The third kappa shape index (κ3) is 13.1. The number of benzene rings is 1. The van der Waals surface area contributed by atoms with E-state index in [2.05, 4.69) is 15.4 Å². The van der Waals surface area contributed by atoms with Gasteiger partial charge in [-0.25, -0.2) is 4.79 Å². The second-order valence-corrected chi connectivity index (χ2v) is 7.00. The van der Waals surface area contributed by atoms with Crippen LogP contribution in [0, 0.1) is 5.92 Å². The second kappa shape index (κ2) is 14.9. The molecule has 7 nitrogen and oxygen atoms in total. The van der Waals surface area contributed by atoms with Gasteiger partial charge >= 0.3 is 6.09 Å². The van der Waals surface area contributed by atoms with Gasteiger partial charge in [0.05, 0.1) is 0 Å². The third-order valence-corrected chi connectivity index (χ3v) is 3.55. The minimum absolute atomic E-state index is 0.0671. The topological polar surface area (TPSA) is 93.7 Å². The Morgan fingerprint density at radius 1 is 1.14 bits per heavy atom. The Bertz CT molecular complexity index is 605. The number of carbonyl (C=O) groups excluding carboxylic acids is 3. The molecule has 0 spiro atoms. The zero-order chi connectivity index (χ0) is 21.5. The zero-order valence-electron chi connectivity index (χ0n) is 17.2. The van der Waals surface area contributed by atoms with Crippen LogP contribution in [-0.4, -0.2) is 44.1 Å². The van der Waals surface area contributed by atoms with Crippen LogP contribution in [0.5, 0.6) is 0 Å². The van der Waals surface area contributed by atoms with E-state index in [4.69, 9.17) is 16.3 Å². The van der Waals surface area contributed by atoms with Crippen molar-refractivity contribution in [3.8, 4) is 0 Å². The lowest BCUT2D eigenvalue weighted by atomic mass is 10.0. The van der Waals surface area contributed by atoms with Crippen molar-refractivity contribution in [2.75, 3.05) is 20.3 Å². The molecule has 0 aromatic heterocycles. The second-order valence-electron chi connectivity index (χ2n) is 6.56. The maximum absolute atomic E-state index is 11.9. The summed E-state index contributed by atoms with van der Waals surface area (Å²) in [6, 6.07) is 6.44. The first-order valence-corrected chi connectivity index (χ1v) is 9.51. The van der Waals surface area contributed by atoms with E-state index in [0.717, 1.165) is 5.56 Å². The van der Waals surface area contributed by atoms with Gasteiger partial charge in [-0.2, -0.15) is 0 Å². The molecule has 0 radical (unpaired) electrons. The molecule has 0 aliphatic rings. The fraction of sp³-hybridized carbons (Fsp3) is 0.550. The number of Topliss-reactive ketones (excluding diaryl/α,β-unsaturated/α-hetero) is 1. The van der Waals surface area contributed by atoms with Gasteiger partial charge in [-0.15, -0.1) is 0 Å². The Morgan fingerprint density at radius 2 is 1.75 bits per heavy atom. The summed E-state index contributed by atoms with van der Waals surface area (Å²) in [7, 11) is 1.50. The maximum Gasteiger partial charge on any atom is 0.408 e. The summed E-state index contributed by atoms with van der Waals surface area (Å²) in [6.45, 7) is 8.20. The van der Waals surface area contributed by atoms with Gasteiger partial charge in [0.1, 0.15) is 19.3 Å². The number of nitrogens with one attached hydrogen (secondary N) is 2. The summed E-state index contributed by atoms with van der Waals surface area (Å²) in [6.07, 6.45) is -0.0473. The van der Waals surface area contributed by atoms with Crippen molar-refractivity contribution in [2.24, 2.45) is 5.92 Å². The third-order valence-electron chi connectivity index (χ3n) is 3.30. The van der Waals surface area contributed by atoms with E-state index < -0.39 is 12.1 Å². The number of ether oxygens (including phenoxy) is 2. The van der Waals surface area contributed by atoms with E-state index in [-0.39, 0.29) is 30.8 Å². The molecule has 0 unspecified atom stereocenters. The van der Waals surface area contributed by atoms with Crippen LogP contribution in [0.2, 0.25) is 5.02 Å². The first-order chi connectivity index (χ1) is 13.2. The Balaban J connectivity index is 0.00000105. The van der Waals surface area contributed by atoms with Crippen LogP contribution in [0.4, 0.5) is 4.79 Å². The van der Waals surface area contributed by atoms with E-state index in [1.165, 1.54) is 14.0 Å². The van der Waals surface area contributed by atoms with E-state index in [9.17, 15) is 14.4 Å². The van der Waals surface area contributed by atoms with Crippen molar-refractivity contribution < 1.29 is 23.9 Å². The molecule has 1 rings (SSSR count). The van der Waals surface area contributed by atoms with E-state index in [1.54, 1.807) is 24.3 Å². The Morgan fingerprint density at radius 3 is 2.18 bits per heavy atom. The zero-order valence-corrected chi connectivity index (χ0v) is 18.0. The molecule has 0 aliphatic carbocycles. The number of hydrogen-bond acceptors (Lipinski definition) is 5. The average molecular weight is 415 g/mol. The molecule has 1 aromatic rings. The minimum atomic E-state index is -0.605. The van der Waals surface area contributed by atoms with E-state index >= 15 is 0 Å². The maximum atomic E-state index is 11.9. The number of ketones is 1. The van der Waals surface area contributed by atoms with Gasteiger partial charge in [0.25, 0.3) is 0 Å². The lowest BCUT2D eigenvalue weighted by molar-refractivity contribution is -0.123. The number of rotatable bonds is 9.